The highest BCUT2D eigenvalue weighted by molar-refractivity contribution is 5.99. The van der Waals surface area contributed by atoms with E-state index in [1.807, 2.05) is 0 Å². The number of anilines is 1. The van der Waals surface area contributed by atoms with Crippen LogP contribution in [0.15, 0.2) is 48.5 Å². The number of carbonyl (C=O) groups excluding carboxylic acids is 2. The van der Waals surface area contributed by atoms with Crippen LogP contribution in [0.4, 0.5) is 10.1 Å². The molecule has 6 heteroatoms. The van der Waals surface area contributed by atoms with Gasteiger partial charge in [-0.1, -0.05) is 17.9 Å². The average molecular weight is 380 g/mol. The summed E-state index contributed by atoms with van der Waals surface area (Å²) in [6.07, 6.45) is 0.182. The summed E-state index contributed by atoms with van der Waals surface area (Å²) in [6, 6.07) is 12.1. The van der Waals surface area contributed by atoms with Gasteiger partial charge in [0.25, 0.3) is 5.91 Å². The number of carbonyl (C=O) groups is 2. The summed E-state index contributed by atoms with van der Waals surface area (Å²) < 4.78 is 13.1. The molecule has 1 unspecified atom stereocenters. The summed E-state index contributed by atoms with van der Waals surface area (Å²) in [5.41, 5.74) is 0.527. The Balaban J connectivity index is 1.67. The number of amides is 2. The number of hydrogen-bond donors (Lipinski definition) is 2. The fourth-order valence-corrected chi connectivity index (χ4v) is 2.91. The van der Waals surface area contributed by atoms with Crippen molar-refractivity contribution in [1.29, 1.82) is 0 Å². The molecule has 3 rings (SSSR count). The van der Waals surface area contributed by atoms with Crippen LogP contribution in [0, 0.1) is 17.7 Å². The Hall–Kier alpha value is -3.17. The van der Waals surface area contributed by atoms with E-state index in [1.54, 1.807) is 50.2 Å². The minimum absolute atomic E-state index is 0.123. The first-order valence-corrected chi connectivity index (χ1v) is 8.94. The van der Waals surface area contributed by atoms with E-state index in [4.69, 9.17) is 0 Å². The topological polar surface area (TPSA) is 69.6 Å². The zero-order valence-corrected chi connectivity index (χ0v) is 15.7. The van der Waals surface area contributed by atoms with E-state index in [0.717, 1.165) is 0 Å². The van der Waals surface area contributed by atoms with Crippen molar-refractivity contribution in [3.8, 4) is 11.8 Å². The van der Waals surface area contributed by atoms with Gasteiger partial charge in [-0.2, -0.15) is 0 Å². The minimum Gasteiger partial charge on any atom is -0.378 e. The number of hydrogen-bond acceptors (Lipinski definition) is 3. The molecule has 1 fully saturated rings. The maximum absolute atomic E-state index is 13.1. The number of halogens is 1. The minimum atomic E-state index is -1.12. The van der Waals surface area contributed by atoms with Crippen LogP contribution in [0.5, 0.6) is 0 Å². The number of nitrogens with one attached hydrogen (secondary N) is 1. The van der Waals surface area contributed by atoms with E-state index in [-0.39, 0.29) is 30.1 Å². The molecule has 1 aliphatic rings. The van der Waals surface area contributed by atoms with E-state index >= 15 is 0 Å². The van der Waals surface area contributed by atoms with Gasteiger partial charge < -0.3 is 15.3 Å². The predicted octanol–water partition coefficient (Wildman–Crippen LogP) is 2.48. The lowest BCUT2D eigenvalue weighted by Crippen LogP contribution is -2.37. The number of benzene rings is 2. The molecule has 1 heterocycles. The highest BCUT2D eigenvalue weighted by Crippen LogP contribution is 2.22. The molecule has 2 N–H and O–H groups in total. The van der Waals surface area contributed by atoms with Crippen LogP contribution in [0.1, 0.15) is 36.2 Å². The summed E-state index contributed by atoms with van der Waals surface area (Å²) in [4.78, 5) is 26.4. The Morgan fingerprint density at radius 2 is 1.96 bits per heavy atom. The van der Waals surface area contributed by atoms with Gasteiger partial charge in [-0.3, -0.25) is 9.59 Å². The maximum Gasteiger partial charge on any atom is 0.251 e. The number of rotatable bonds is 3. The van der Waals surface area contributed by atoms with Crippen LogP contribution in [0.3, 0.4) is 0 Å². The third kappa shape index (κ3) is 4.96. The number of nitrogens with zero attached hydrogens (tertiary/aromatic N) is 1. The fourth-order valence-electron chi connectivity index (χ4n) is 2.91. The Labute approximate surface area is 163 Å². The van der Waals surface area contributed by atoms with Gasteiger partial charge >= 0.3 is 0 Å². The summed E-state index contributed by atoms with van der Waals surface area (Å²) in [6.45, 7) is 3.50. The first-order chi connectivity index (χ1) is 13.2. The van der Waals surface area contributed by atoms with E-state index < -0.39 is 5.60 Å². The molecule has 0 aliphatic carbocycles. The monoisotopic (exact) mass is 380 g/mol. The molecule has 1 aliphatic heterocycles. The molecule has 2 amide bonds. The Kier molecular flexibility index (Phi) is 5.48. The van der Waals surface area contributed by atoms with Crippen LogP contribution in [0.25, 0.3) is 0 Å². The lowest BCUT2D eigenvalue weighted by Gasteiger charge is -2.17. The second-order valence-electron chi connectivity index (χ2n) is 7.25. The van der Waals surface area contributed by atoms with Crippen LogP contribution >= 0.6 is 0 Å². The Morgan fingerprint density at radius 3 is 2.64 bits per heavy atom. The van der Waals surface area contributed by atoms with Crippen LogP contribution in [0.2, 0.25) is 0 Å². The van der Waals surface area contributed by atoms with E-state index in [9.17, 15) is 19.1 Å². The van der Waals surface area contributed by atoms with Gasteiger partial charge in [0.15, 0.2) is 0 Å². The molecule has 0 aromatic heterocycles. The first kappa shape index (κ1) is 19.6. The third-order valence-electron chi connectivity index (χ3n) is 4.24. The molecule has 2 aromatic carbocycles. The van der Waals surface area contributed by atoms with Crippen molar-refractivity contribution >= 4 is 17.5 Å². The fraction of sp³-hybridized carbons (Fsp3) is 0.273. The zero-order valence-electron chi connectivity index (χ0n) is 15.7. The van der Waals surface area contributed by atoms with Crippen LogP contribution < -0.4 is 10.2 Å². The molecule has 0 radical (unpaired) electrons. The van der Waals surface area contributed by atoms with Crippen molar-refractivity contribution in [2.24, 2.45) is 0 Å². The largest absolute Gasteiger partial charge is 0.378 e. The van der Waals surface area contributed by atoms with Crippen molar-refractivity contribution in [2.45, 2.75) is 31.9 Å². The second-order valence-corrected chi connectivity index (χ2v) is 7.25. The van der Waals surface area contributed by atoms with Crippen molar-refractivity contribution in [3.05, 3.63) is 65.5 Å². The summed E-state index contributed by atoms with van der Waals surface area (Å²) in [5, 5.41) is 12.6. The quantitative estimate of drug-likeness (QED) is 0.804. The highest BCUT2D eigenvalue weighted by atomic mass is 19.1. The normalized spacial score (nSPS) is 16.5. The van der Waals surface area contributed by atoms with E-state index in [2.05, 4.69) is 17.2 Å². The Morgan fingerprint density at radius 1 is 1.25 bits per heavy atom. The molecule has 2 aromatic rings. The van der Waals surface area contributed by atoms with Gasteiger partial charge in [-0.25, -0.2) is 4.39 Å². The van der Waals surface area contributed by atoms with Crippen LogP contribution in [-0.4, -0.2) is 35.1 Å². The zero-order chi connectivity index (χ0) is 20.3. The lowest BCUT2D eigenvalue weighted by atomic mass is 10.1. The van der Waals surface area contributed by atoms with Gasteiger partial charge in [0.2, 0.25) is 5.91 Å². The maximum atomic E-state index is 13.1. The van der Waals surface area contributed by atoms with Gasteiger partial charge in [0.05, 0.1) is 6.04 Å². The Bertz CT molecular complexity index is 952. The highest BCUT2D eigenvalue weighted by Gasteiger charge is 2.31. The molecular weight excluding hydrogens is 359 g/mol. The van der Waals surface area contributed by atoms with E-state index in [1.165, 1.54) is 17.0 Å². The molecule has 0 saturated carbocycles. The number of aliphatic hydroxyl groups is 1. The molecule has 0 spiro atoms. The average Bonchev–Trinajstić information content (AvgIpc) is 3.00. The molecule has 1 atom stereocenters. The standard InChI is InChI=1S/C22H21FN2O3/c1-22(2,28)11-10-15-4-3-5-16(12-15)21(27)24-18-13-20(26)25(14-18)19-8-6-17(23)7-9-19/h3-9,12,18,28H,13-14H2,1-2H3,(H,24,27). The molecule has 144 valence electrons. The summed E-state index contributed by atoms with van der Waals surface area (Å²) in [7, 11) is 0. The van der Waals surface area contributed by atoms with Crippen LogP contribution in [-0.2, 0) is 4.79 Å². The van der Waals surface area contributed by atoms with Gasteiger partial charge in [-0.05, 0) is 56.3 Å². The third-order valence-corrected chi connectivity index (χ3v) is 4.24. The molecule has 5 nitrogen and oxygen atoms in total. The summed E-state index contributed by atoms with van der Waals surface area (Å²) in [5.74, 6) is 4.76. The predicted molar refractivity (Wildman–Crippen MR) is 104 cm³/mol. The molecule has 28 heavy (non-hydrogen) atoms. The molecular formula is C22H21FN2O3. The van der Waals surface area contributed by atoms with Crippen molar-refractivity contribution in [1.82, 2.24) is 5.32 Å². The second kappa shape index (κ2) is 7.83. The molecule has 1 saturated heterocycles. The van der Waals surface area contributed by atoms with Gasteiger partial charge in [-0.15, -0.1) is 0 Å². The summed E-state index contributed by atoms with van der Waals surface area (Å²) >= 11 is 0. The van der Waals surface area contributed by atoms with Gasteiger partial charge in [0.1, 0.15) is 11.4 Å². The smallest absolute Gasteiger partial charge is 0.251 e. The lowest BCUT2D eigenvalue weighted by molar-refractivity contribution is -0.117. The molecule has 0 bridgehead atoms. The van der Waals surface area contributed by atoms with Crippen molar-refractivity contribution in [2.75, 3.05) is 11.4 Å². The van der Waals surface area contributed by atoms with Crippen molar-refractivity contribution < 1.29 is 19.1 Å². The SMILES string of the molecule is CC(C)(O)C#Cc1cccc(C(=O)NC2CC(=O)N(c3ccc(F)cc3)C2)c1. The van der Waals surface area contributed by atoms with Gasteiger partial charge in [0, 0.05) is 29.8 Å². The van der Waals surface area contributed by atoms with Crippen molar-refractivity contribution in [3.63, 3.8) is 0 Å². The first-order valence-electron chi connectivity index (χ1n) is 8.94. The van der Waals surface area contributed by atoms with E-state index in [0.29, 0.717) is 23.4 Å².